The number of hydrogen-bond donors (Lipinski definition) is 1. The average molecular weight is 247 g/mol. The van der Waals surface area contributed by atoms with Gasteiger partial charge in [-0.05, 0) is 25.6 Å². The van der Waals surface area contributed by atoms with Crippen LogP contribution in [-0.2, 0) is 6.54 Å². The smallest absolute Gasteiger partial charge is 0.237 e. The molecule has 1 heterocycles. The molecule has 0 aliphatic heterocycles. The molecule has 18 heavy (non-hydrogen) atoms. The van der Waals surface area contributed by atoms with Crippen molar-refractivity contribution in [2.24, 2.45) is 0 Å². The van der Waals surface area contributed by atoms with Gasteiger partial charge in [-0.25, -0.2) is 9.37 Å². The molecule has 0 fully saturated rings. The van der Waals surface area contributed by atoms with Gasteiger partial charge in [-0.1, -0.05) is 6.07 Å². The molecule has 1 N–H and O–H groups in total. The van der Waals surface area contributed by atoms with E-state index >= 15 is 0 Å². The molecule has 94 valence electrons. The summed E-state index contributed by atoms with van der Waals surface area (Å²) in [6.07, 6.45) is 3.14. The van der Waals surface area contributed by atoms with Gasteiger partial charge in [0, 0.05) is 12.6 Å². The summed E-state index contributed by atoms with van der Waals surface area (Å²) >= 11 is 0. The molecule has 5 heteroatoms. The van der Waals surface area contributed by atoms with Gasteiger partial charge >= 0.3 is 0 Å². The molecule has 0 atom stereocenters. The minimum Gasteiger partial charge on any atom is -0.437 e. The Balaban J connectivity index is 2.10. The van der Waals surface area contributed by atoms with Crippen LogP contribution in [0.5, 0.6) is 11.6 Å². The van der Waals surface area contributed by atoms with E-state index in [-0.39, 0.29) is 5.82 Å². The van der Waals surface area contributed by atoms with E-state index in [1.807, 2.05) is 7.05 Å². The largest absolute Gasteiger partial charge is 0.437 e. The first-order valence-corrected chi connectivity index (χ1v) is 5.58. The topological polar surface area (TPSA) is 47.0 Å². The van der Waals surface area contributed by atoms with Crippen LogP contribution in [0.2, 0.25) is 0 Å². The summed E-state index contributed by atoms with van der Waals surface area (Å²) in [4.78, 5) is 8.26. The number of ether oxygens (including phenoxy) is 1. The number of aromatic nitrogens is 2. The fraction of sp³-hybridized carbons (Fsp3) is 0.231. The van der Waals surface area contributed by atoms with E-state index < -0.39 is 0 Å². The molecule has 1 aromatic heterocycles. The molecule has 0 radical (unpaired) electrons. The van der Waals surface area contributed by atoms with E-state index in [0.29, 0.717) is 23.7 Å². The Labute approximate surface area is 105 Å². The van der Waals surface area contributed by atoms with Crippen LogP contribution in [0.25, 0.3) is 0 Å². The summed E-state index contributed by atoms with van der Waals surface area (Å²) in [6, 6.07) is 4.69. The van der Waals surface area contributed by atoms with E-state index in [9.17, 15) is 4.39 Å². The maximum atomic E-state index is 13.3. The van der Waals surface area contributed by atoms with Crippen LogP contribution in [0.4, 0.5) is 4.39 Å². The van der Waals surface area contributed by atoms with Crippen LogP contribution < -0.4 is 10.1 Å². The van der Waals surface area contributed by atoms with Crippen molar-refractivity contribution in [3.63, 3.8) is 0 Å². The van der Waals surface area contributed by atoms with E-state index in [1.54, 1.807) is 25.3 Å². The first kappa shape index (κ1) is 12.4. The zero-order chi connectivity index (χ0) is 13.0. The van der Waals surface area contributed by atoms with Gasteiger partial charge in [0.05, 0.1) is 18.1 Å². The standard InChI is InChI=1S/C13H14FN3O/c1-9-3-4-11(5-12(9)14)18-13-8-16-10(6-15-2)7-17-13/h3-5,7-8,15H,6H2,1-2H3. The van der Waals surface area contributed by atoms with E-state index in [2.05, 4.69) is 15.3 Å². The quantitative estimate of drug-likeness (QED) is 0.901. The van der Waals surface area contributed by atoms with Crippen LogP contribution in [0.15, 0.2) is 30.6 Å². The maximum Gasteiger partial charge on any atom is 0.237 e. The molecule has 2 aromatic rings. The van der Waals surface area contributed by atoms with Crippen molar-refractivity contribution >= 4 is 0 Å². The summed E-state index contributed by atoms with van der Waals surface area (Å²) in [5.41, 5.74) is 1.40. The third-order valence-electron chi connectivity index (χ3n) is 2.41. The third kappa shape index (κ3) is 3.01. The number of rotatable bonds is 4. The Hall–Kier alpha value is -2.01. The monoisotopic (exact) mass is 247 g/mol. The van der Waals surface area contributed by atoms with Gasteiger partial charge in [-0.2, -0.15) is 0 Å². The van der Waals surface area contributed by atoms with Crippen LogP contribution in [0, 0.1) is 12.7 Å². The van der Waals surface area contributed by atoms with Crippen molar-refractivity contribution in [2.75, 3.05) is 7.05 Å². The van der Waals surface area contributed by atoms with Crippen molar-refractivity contribution < 1.29 is 9.13 Å². The Morgan fingerprint density at radius 2 is 2.11 bits per heavy atom. The van der Waals surface area contributed by atoms with Crippen molar-refractivity contribution in [3.05, 3.63) is 47.7 Å². The highest BCUT2D eigenvalue weighted by Gasteiger charge is 2.03. The lowest BCUT2D eigenvalue weighted by molar-refractivity contribution is 0.454. The second kappa shape index (κ2) is 5.55. The molecule has 0 amide bonds. The van der Waals surface area contributed by atoms with Crippen LogP contribution >= 0.6 is 0 Å². The van der Waals surface area contributed by atoms with Gasteiger partial charge in [0.25, 0.3) is 0 Å². The normalized spacial score (nSPS) is 10.4. The summed E-state index contributed by atoms with van der Waals surface area (Å²) < 4.78 is 18.7. The number of hydrogen-bond acceptors (Lipinski definition) is 4. The first-order valence-electron chi connectivity index (χ1n) is 5.58. The van der Waals surface area contributed by atoms with Gasteiger partial charge in [0.2, 0.25) is 5.88 Å². The van der Waals surface area contributed by atoms with Crippen LogP contribution in [-0.4, -0.2) is 17.0 Å². The molecule has 2 rings (SSSR count). The number of aryl methyl sites for hydroxylation is 1. The molecular weight excluding hydrogens is 233 g/mol. The number of nitrogens with one attached hydrogen (secondary N) is 1. The predicted molar refractivity (Wildman–Crippen MR) is 66.0 cm³/mol. The number of halogens is 1. The van der Waals surface area contributed by atoms with Crippen molar-refractivity contribution in [2.45, 2.75) is 13.5 Å². The fourth-order valence-electron chi connectivity index (χ4n) is 1.43. The lowest BCUT2D eigenvalue weighted by atomic mass is 10.2. The molecule has 4 nitrogen and oxygen atoms in total. The van der Waals surface area contributed by atoms with Crippen LogP contribution in [0.1, 0.15) is 11.3 Å². The summed E-state index contributed by atoms with van der Waals surface area (Å²) in [5, 5.41) is 2.97. The summed E-state index contributed by atoms with van der Waals surface area (Å²) in [6.45, 7) is 2.35. The van der Waals surface area contributed by atoms with Gasteiger partial charge < -0.3 is 10.1 Å². The van der Waals surface area contributed by atoms with Crippen molar-refractivity contribution in [1.82, 2.24) is 15.3 Å². The highest BCUT2D eigenvalue weighted by Crippen LogP contribution is 2.21. The molecule has 0 unspecified atom stereocenters. The second-order valence-electron chi connectivity index (χ2n) is 3.89. The van der Waals surface area contributed by atoms with Crippen LogP contribution in [0.3, 0.4) is 0 Å². The Kier molecular flexibility index (Phi) is 3.84. The van der Waals surface area contributed by atoms with Gasteiger partial charge in [0.1, 0.15) is 11.6 Å². The summed E-state index contributed by atoms with van der Waals surface area (Å²) in [7, 11) is 1.83. The SMILES string of the molecule is CNCc1cnc(Oc2ccc(C)c(F)c2)cn1. The third-order valence-corrected chi connectivity index (χ3v) is 2.41. The van der Waals surface area contributed by atoms with Gasteiger partial charge in [0.15, 0.2) is 0 Å². The highest BCUT2D eigenvalue weighted by molar-refractivity contribution is 5.30. The number of nitrogens with zero attached hydrogens (tertiary/aromatic N) is 2. The minimum absolute atomic E-state index is 0.299. The van der Waals surface area contributed by atoms with Gasteiger partial charge in [-0.15, -0.1) is 0 Å². The Morgan fingerprint density at radius 3 is 2.72 bits per heavy atom. The van der Waals surface area contributed by atoms with Crippen molar-refractivity contribution in [1.29, 1.82) is 0 Å². The lowest BCUT2D eigenvalue weighted by Crippen LogP contribution is -2.07. The minimum atomic E-state index is -0.299. The molecule has 1 aromatic carbocycles. The zero-order valence-corrected chi connectivity index (χ0v) is 10.3. The molecular formula is C13H14FN3O. The molecule has 0 saturated carbocycles. The van der Waals surface area contributed by atoms with E-state index in [1.165, 1.54) is 12.3 Å². The Bertz CT molecular complexity index is 528. The molecule has 0 bridgehead atoms. The fourth-order valence-corrected chi connectivity index (χ4v) is 1.43. The highest BCUT2D eigenvalue weighted by atomic mass is 19.1. The van der Waals surface area contributed by atoms with Crippen molar-refractivity contribution in [3.8, 4) is 11.6 Å². The van der Waals surface area contributed by atoms with E-state index in [0.717, 1.165) is 5.69 Å². The number of benzene rings is 1. The summed E-state index contributed by atoms with van der Waals surface area (Å²) in [5.74, 6) is 0.458. The second-order valence-corrected chi connectivity index (χ2v) is 3.89. The zero-order valence-electron chi connectivity index (χ0n) is 10.3. The predicted octanol–water partition coefficient (Wildman–Crippen LogP) is 2.44. The molecule has 0 saturated heterocycles. The Morgan fingerprint density at radius 1 is 1.28 bits per heavy atom. The van der Waals surface area contributed by atoms with E-state index in [4.69, 9.17) is 4.74 Å². The molecule has 0 aliphatic carbocycles. The average Bonchev–Trinajstić information content (AvgIpc) is 2.37. The first-order chi connectivity index (χ1) is 8.69. The lowest BCUT2D eigenvalue weighted by Gasteiger charge is -2.06. The maximum absolute atomic E-state index is 13.3. The molecule has 0 aliphatic rings. The molecule has 0 spiro atoms. The van der Waals surface area contributed by atoms with Gasteiger partial charge in [-0.3, -0.25) is 4.98 Å².